The summed E-state index contributed by atoms with van der Waals surface area (Å²) in [7, 11) is -10.7. The van der Waals surface area contributed by atoms with E-state index in [1.807, 2.05) is 12.2 Å². The molecule has 0 aliphatic heterocycles. The molecule has 0 radical (unpaired) electrons. The third-order valence-electron chi connectivity index (χ3n) is 0.516. The fourth-order valence-electron chi connectivity index (χ4n) is 0.257. The molecule has 0 heterocycles. The van der Waals surface area contributed by atoms with E-state index in [9.17, 15) is 25.2 Å². The van der Waals surface area contributed by atoms with Crippen molar-refractivity contribution in [3.05, 3.63) is 25.3 Å². The average molecular weight is 260 g/mol. The predicted octanol–water partition coefficient (Wildman–Crippen LogP) is 4.56. The van der Waals surface area contributed by atoms with Gasteiger partial charge in [-0.2, -0.15) is 0 Å². The second-order valence-corrected chi connectivity index (χ2v) is 5.22. The van der Waals surface area contributed by atoms with Gasteiger partial charge in [-0.05, 0) is 23.9 Å². The maximum atomic E-state index is 9.87. The SMILES string of the molecule is C=CC[SH+]CC=C.F[P-](F)(F)(F)(F)F. The van der Waals surface area contributed by atoms with Gasteiger partial charge in [0.1, 0.15) is 11.5 Å². The van der Waals surface area contributed by atoms with Crippen molar-refractivity contribution in [3.8, 4) is 0 Å². The van der Waals surface area contributed by atoms with Gasteiger partial charge in [0.15, 0.2) is 0 Å². The molecule has 0 saturated heterocycles. The molecule has 0 aliphatic rings. The standard InChI is InChI=1S/C6H10S.F6P/c1-3-5-7-6-4-2;1-7(2,3,4,5)6/h3-4H,1-2,5-6H2;/q;-1/p+1. The van der Waals surface area contributed by atoms with Crippen molar-refractivity contribution >= 4 is 19.6 Å². The van der Waals surface area contributed by atoms with Crippen molar-refractivity contribution in [2.75, 3.05) is 11.5 Å². The topological polar surface area (TPSA) is 0 Å². The molecule has 0 saturated carbocycles. The second kappa shape index (κ2) is 4.57. The Morgan fingerprint density at radius 2 is 1.07 bits per heavy atom. The summed E-state index contributed by atoms with van der Waals surface area (Å²) in [5.74, 6) is 2.18. The monoisotopic (exact) mass is 260 g/mol. The average Bonchev–Trinajstić information content (AvgIpc) is 1.82. The Balaban J connectivity index is 0. The Labute approximate surface area is 82.3 Å². The van der Waals surface area contributed by atoms with Crippen molar-refractivity contribution in [1.82, 2.24) is 0 Å². The third-order valence-corrected chi connectivity index (χ3v) is 1.55. The predicted molar refractivity (Wildman–Crippen MR) is 52.5 cm³/mol. The summed E-state index contributed by atoms with van der Waals surface area (Å²) in [6, 6.07) is 0. The zero-order valence-corrected chi connectivity index (χ0v) is 8.93. The van der Waals surface area contributed by atoms with Crippen LogP contribution in [0.1, 0.15) is 0 Å². The van der Waals surface area contributed by atoms with Crippen LogP contribution < -0.4 is 0 Å². The summed E-state index contributed by atoms with van der Waals surface area (Å²) in [6.07, 6.45) is 3.84. The molecule has 0 rings (SSSR count). The van der Waals surface area contributed by atoms with Crippen molar-refractivity contribution in [1.29, 1.82) is 0 Å². The van der Waals surface area contributed by atoms with E-state index in [1.165, 1.54) is 11.8 Å². The molecule has 0 aliphatic carbocycles. The Kier molecular flexibility index (Phi) is 5.32. The van der Waals surface area contributed by atoms with Crippen LogP contribution in [0.2, 0.25) is 0 Å². The first-order valence-electron chi connectivity index (χ1n) is 3.28. The van der Waals surface area contributed by atoms with Gasteiger partial charge in [-0.25, -0.2) is 0 Å². The molecule has 0 N–H and O–H groups in total. The summed E-state index contributed by atoms with van der Waals surface area (Å²) in [4.78, 5) is 0. The van der Waals surface area contributed by atoms with Crippen molar-refractivity contribution < 1.29 is 25.2 Å². The van der Waals surface area contributed by atoms with Crippen LogP contribution in [0, 0.1) is 0 Å². The van der Waals surface area contributed by atoms with E-state index in [-0.39, 0.29) is 0 Å². The minimum absolute atomic E-state index is 1.09. The van der Waals surface area contributed by atoms with Crippen LogP contribution in [0.4, 0.5) is 25.2 Å². The summed E-state index contributed by atoms with van der Waals surface area (Å²) < 4.78 is 59.2. The number of thiol groups is 1. The molecule has 0 aromatic carbocycles. The first-order valence-corrected chi connectivity index (χ1v) is 6.57. The Bertz CT molecular complexity index is 172. The number of rotatable bonds is 4. The molecular weight excluding hydrogens is 249 g/mol. The minimum atomic E-state index is -10.7. The first kappa shape index (κ1) is 16.3. The normalized spacial score (nSPS) is 15.6. The molecule has 0 fully saturated rings. The first-order chi connectivity index (χ1) is 5.86. The summed E-state index contributed by atoms with van der Waals surface area (Å²) >= 11 is 1.41. The molecule has 0 aromatic rings. The van der Waals surface area contributed by atoms with E-state index in [1.54, 1.807) is 0 Å². The Hall–Kier alpha value is -0.160. The van der Waals surface area contributed by atoms with Gasteiger partial charge in [0.2, 0.25) is 0 Å². The van der Waals surface area contributed by atoms with Gasteiger partial charge < -0.3 is 0 Å². The zero-order valence-electron chi connectivity index (χ0n) is 7.15. The Morgan fingerprint density at radius 1 is 0.857 bits per heavy atom. The van der Waals surface area contributed by atoms with Gasteiger partial charge in [-0.1, -0.05) is 13.2 Å². The van der Waals surface area contributed by atoms with E-state index >= 15 is 0 Å². The molecule has 0 aromatic heterocycles. The van der Waals surface area contributed by atoms with E-state index < -0.39 is 7.81 Å². The van der Waals surface area contributed by atoms with Crippen molar-refractivity contribution in [2.45, 2.75) is 0 Å². The van der Waals surface area contributed by atoms with Crippen LogP contribution in [0.15, 0.2) is 25.3 Å². The van der Waals surface area contributed by atoms with Crippen LogP contribution in [-0.4, -0.2) is 11.5 Å². The molecule has 14 heavy (non-hydrogen) atoms. The quantitative estimate of drug-likeness (QED) is 0.174. The van der Waals surface area contributed by atoms with Crippen LogP contribution in [-0.2, 0) is 11.8 Å². The fourth-order valence-corrected chi connectivity index (χ4v) is 0.771. The summed E-state index contributed by atoms with van der Waals surface area (Å²) in [5.41, 5.74) is 0. The molecule has 88 valence electrons. The molecule has 0 nitrogen and oxygen atoms in total. The van der Waals surface area contributed by atoms with Gasteiger partial charge in [-0.3, -0.25) is 0 Å². The van der Waals surface area contributed by atoms with Gasteiger partial charge in [-0.15, -0.1) is 0 Å². The fraction of sp³-hybridized carbons (Fsp3) is 0.333. The van der Waals surface area contributed by atoms with Crippen LogP contribution in [0.3, 0.4) is 0 Å². The van der Waals surface area contributed by atoms with Crippen molar-refractivity contribution in [2.24, 2.45) is 0 Å². The van der Waals surface area contributed by atoms with E-state index in [0.29, 0.717) is 0 Å². The Morgan fingerprint density at radius 3 is 1.21 bits per heavy atom. The van der Waals surface area contributed by atoms with E-state index in [4.69, 9.17) is 0 Å². The van der Waals surface area contributed by atoms with E-state index in [0.717, 1.165) is 11.5 Å². The second-order valence-electron chi connectivity index (χ2n) is 2.12. The molecular formula is C6H11F6PS. The van der Waals surface area contributed by atoms with E-state index in [2.05, 4.69) is 13.2 Å². The molecule has 8 heteroatoms. The number of hydrogen-bond donors (Lipinski definition) is 0. The molecule has 0 unspecified atom stereocenters. The van der Waals surface area contributed by atoms with Crippen LogP contribution >= 0.6 is 7.81 Å². The summed E-state index contributed by atoms with van der Waals surface area (Å²) in [5, 5.41) is 0. The molecule has 0 spiro atoms. The number of hydrogen-bond acceptors (Lipinski definition) is 0. The summed E-state index contributed by atoms with van der Waals surface area (Å²) in [6.45, 7) is 7.18. The molecule has 0 bridgehead atoms. The van der Waals surface area contributed by atoms with Crippen molar-refractivity contribution in [3.63, 3.8) is 0 Å². The number of halogens is 6. The van der Waals surface area contributed by atoms with Gasteiger partial charge in [0, 0.05) is 0 Å². The van der Waals surface area contributed by atoms with Crippen LogP contribution in [0.5, 0.6) is 0 Å². The van der Waals surface area contributed by atoms with Crippen LogP contribution in [0.25, 0.3) is 0 Å². The van der Waals surface area contributed by atoms with Gasteiger partial charge >= 0.3 is 33.0 Å². The third kappa shape index (κ3) is 94.4. The maximum absolute atomic E-state index is 10.7. The molecule has 0 atom stereocenters. The molecule has 0 amide bonds. The van der Waals surface area contributed by atoms with Gasteiger partial charge in [0.05, 0.1) is 0 Å². The van der Waals surface area contributed by atoms with Gasteiger partial charge in [0.25, 0.3) is 0 Å². The zero-order chi connectivity index (χ0) is 11.9.